The average Bonchev–Trinajstić information content (AvgIpc) is 3.24. The molecule has 0 saturated carbocycles. The molecule has 1 saturated heterocycles. The topological polar surface area (TPSA) is 57.6 Å². The van der Waals surface area contributed by atoms with E-state index in [1.807, 2.05) is 43.5 Å². The van der Waals surface area contributed by atoms with Gasteiger partial charge >= 0.3 is 0 Å². The van der Waals surface area contributed by atoms with Crippen LogP contribution < -0.4 is 4.90 Å². The van der Waals surface area contributed by atoms with Crippen molar-refractivity contribution in [2.45, 2.75) is 19.9 Å². The second-order valence-corrected chi connectivity index (χ2v) is 8.87. The van der Waals surface area contributed by atoms with Crippen molar-refractivity contribution in [3.05, 3.63) is 91.1 Å². The molecule has 1 aromatic heterocycles. The molecule has 3 aromatic rings. The second-order valence-electron chi connectivity index (χ2n) is 7.10. The first-order valence-corrected chi connectivity index (χ1v) is 10.8. The van der Waals surface area contributed by atoms with Crippen LogP contribution in [-0.2, 0) is 9.59 Å². The molecule has 2 aromatic carbocycles. The van der Waals surface area contributed by atoms with E-state index >= 15 is 0 Å². The van der Waals surface area contributed by atoms with Gasteiger partial charge in [0.15, 0.2) is 0 Å². The maximum absolute atomic E-state index is 13.1. The van der Waals surface area contributed by atoms with E-state index in [0.29, 0.717) is 16.3 Å². The van der Waals surface area contributed by atoms with Crippen molar-refractivity contribution in [2.75, 3.05) is 4.90 Å². The Kier molecular flexibility index (Phi) is 5.45. The van der Waals surface area contributed by atoms with Crippen LogP contribution in [-0.4, -0.2) is 16.8 Å². The van der Waals surface area contributed by atoms with Crippen LogP contribution in [0.3, 0.4) is 0 Å². The van der Waals surface area contributed by atoms with Gasteiger partial charge in [-0.3, -0.25) is 14.5 Å². The number of nitrogens with zero attached hydrogens (tertiary/aromatic N) is 1. The fourth-order valence-electron chi connectivity index (χ4n) is 3.59. The number of aliphatic hydroxyl groups is 1. The number of halogens is 2. The highest BCUT2D eigenvalue weighted by atomic mass is 35.5. The summed E-state index contributed by atoms with van der Waals surface area (Å²) in [6.45, 7) is 3.84. The first-order chi connectivity index (χ1) is 14.3. The number of Topliss-reactive ketones (excluding diaryl/α,β-unsaturated/α-hetero) is 1. The fraction of sp³-hybridized carbons (Fsp3) is 0.130. The van der Waals surface area contributed by atoms with Crippen LogP contribution in [0, 0.1) is 13.8 Å². The van der Waals surface area contributed by atoms with E-state index in [2.05, 4.69) is 0 Å². The molecule has 2 heterocycles. The summed E-state index contributed by atoms with van der Waals surface area (Å²) in [6, 6.07) is 13.2. The van der Waals surface area contributed by atoms with Crippen molar-refractivity contribution in [2.24, 2.45) is 0 Å². The van der Waals surface area contributed by atoms with Crippen LogP contribution in [0.1, 0.15) is 27.6 Å². The highest BCUT2D eigenvalue weighted by molar-refractivity contribution is 7.10. The highest BCUT2D eigenvalue weighted by Gasteiger charge is 2.47. The molecule has 1 aliphatic heterocycles. The molecule has 1 N–H and O–H groups in total. The zero-order chi connectivity index (χ0) is 21.6. The Labute approximate surface area is 188 Å². The number of carbonyl (C=O) groups is 2. The van der Waals surface area contributed by atoms with Gasteiger partial charge in [-0.15, -0.1) is 11.3 Å². The van der Waals surface area contributed by atoms with Crippen LogP contribution in [0.25, 0.3) is 5.76 Å². The Morgan fingerprint density at radius 1 is 1.03 bits per heavy atom. The van der Waals surface area contributed by atoms with Gasteiger partial charge in [-0.05, 0) is 66.8 Å². The molecule has 4 rings (SSSR count). The minimum absolute atomic E-state index is 0.0328. The molecule has 1 fully saturated rings. The van der Waals surface area contributed by atoms with E-state index in [1.54, 1.807) is 18.2 Å². The Hall–Kier alpha value is -2.60. The number of rotatable bonds is 3. The van der Waals surface area contributed by atoms with Crippen molar-refractivity contribution in [1.82, 2.24) is 0 Å². The summed E-state index contributed by atoms with van der Waals surface area (Å²) in [6.07, 6.45) is 0. The van der Waals surface area contributed by atoms with Gasteiger partial charge in [-0.1, -0.05) is 35.3 Å². The summed E-state index contributed by atoms with van der Waals surface area (Å²) >= 11 is 13.5. The Bertz CT molecular complexity index is 1210. The third-order valence-corrected chi connectivity index (χ3v) is 6.88. The van der Waals surface area contributed by atoms with Gasteiger partial charge in [-0.2, -0.15) is 0 Å². The predicted molar refractivity (Wildman–Crippen MR) is 121 cm³/mol. The van der Waals surface area contributed by atoms with Gasteiger partial charge in [-0.25, -0.2) is 0 Å². The maximum Gasteiger partial charge on any atom is 0.300 e. The number of aliphatic hydroxyl groups excluding tert-OH is 1. The molecule has 1 aliphatic rings. The van der Waals surface area contributed by atoms with Crippen molar-refractivity contribution >= 4 is 57.7 Å². The molecule has 7 heteroatoms. The summed E-state index contributed by atoms with van der Waals surface area (Å²) < 4.78 is 0. The van der Waals surface area contributed by atoms with Gasteiger partial charge in [0.1, 0.15) is 11.8 Å². The average molecular weight is 458 g/mol. The van der Waals surface area contributed by atoms with Gasteiger partial charge in [0.25, 0.3) is 11.7 Å². The molecule has 30 heavy (non-hydrogen) atoms. The van der Waals surface area contributed by atoms with Crippen molar-refractivity contribution < 1.29 is 14.7 Å². The van der Waals surface area contributed by atoms with Crippen molar-refractivity contribution in [3.8, 4) is 0 Å². The normalized spacial score (nSPS) is 18.3. The second kappa shape index (κ2) is 7.91. The summed E-state index contributed by atoms with van der Waals surface area (Å²) in [7, 11) is 0. The van der Waals surface area contributed by atoms with Gasteiger partial charge in [0.05, 0.1) is 15.6 Å². The zero-order valence-electron chi connectivity index (χ0n) is 16.1. The lowest BCUT2D eigenvalue weighted by molar-refractivity contribution is -0.132. The number of benzene rings is 2. The summed E-state index contributed by atoms with van der Waals surface area (Å²) in [5, 5.41) is 13.6. The monoisotopic (exact) mass is 457 g/mol. The van der Waals surface area contributed by atoms with E-state index in [0.717, 1.165) is 16.0 Å². The molecule has 1 unspecified atom stereocenters. The SMILES string of the molecule is Cc1cccc(N2C(=O)C(=O)/C(=C(\O)c3ccc(Cl)c(Cl)c3)C2c2sccc2C)c1. The standard InChI is InChI=1S/C23H17Cl2NO3S/c1-12-4-3-5-15(10-12)26-19(22-13(2)8-9-30-22)18(21(28)23(26)29)20(27)14-6-7-16(24)17(25)11-14/h3-11,19,27H,1-2H3/b20-18-. The van der Waals surface area contributed by atoms with Crippen LogP contribution in [0.15, 0.2) is 59.5 Å². The lowest BCUT2D eigenvalue weighted by Crippen LogP contribution is -2.29. The van der Waals surface area contributed by atoms with Gasteiger partial charge in [0, 0.05) is 16.1 Å². The molecule has 152 valence electrons. The number of carbonyl (C=O) groups excluding carboxylic acids is 2. The summed E-state index contributed by atoms with van der Waals surface area (Å²) in [4.78, 5) is 28.5. The van der Waals surface area contributed by atoms with E-state index < -0.39 is 17.7 Å². The predicted octanol–water partition coefficient (Wildman–Crippen LogP) is 6.30. The van der Waals surface area contributed by atoms with E-state index in [-0.39, 0.29) is 16.4 Å². The largest absolute Gasteiger partial charge is 0.507 e. The number of aryl methyl sites for hydroxylation is 2. The summed E-state index contributed by atoms with van der Waals surface area (Å²) in [5.74, 6) is -1.70. The number of amides is 1. The van der Waals surface area contributed by atoms with Crippen LogP contribution >= 0.6 is 34.5 Å². The quantitative estimate of drug-likeness (QED) is 0.285. The molecule has 1 amide bonds. The van der Waals surface area contributed by atoms with Crippen LogP contribution in [0.5, 0.6) is 0 Å². The third-order valence-electron chi connectivity index (χ3n) is 5.07. The lowest BCUT2D eigenvalue weighted by atomic mass is 9.98. The number of thiophene rings is 1. The lowest BCUT2D eigenvalue weighted by Gasteiger charge is -2.25. The minimum atomic E-state index is -0.738. The number of anilines is 1. The van der Waals surface area contributed by atoms with E-state index in [1.165, 1.54) is 22.3 Å². The number of ketones is 1. The molecular formula is C23H17Cl2NO3S. The van der Waals surface area contributed by atoms with Crippen LogP contribution in [0.2, 0.25) is 10.0 Å². The van der Waals surface area contributed by atoms with E-state index in [9.17, 15) is 14.7 Å². The number of hydrogen-bond acceptors (Lipinski definition) is 4. The minimum Gasteiger partial charge on any atom is -0.507 e. The van der Waals surface area contributed by atoms with Gasteiger partial charge in [0.2, 0.25) is 0 Å². The molecule has 0 aliphatic carbocycles. The maximum atomic E-state index is 13.1. The fourth-order valence-corrected chi connectivity index (χ4v) is 4.91. The Morgan fingerprint density at radius 2 is 1.80 bits per heavy atom. The molecule has 0 spiro atoms. The van der Waals surface area contributed by atoms with Crippen LogP contribution in [0.4, 0.5) is 5.69 Å². The van der Waals surface area contributed by atoms with Crippen molar-refractivity contribution in [1.29, 1.82) is 0 Å². The Morgan fingerprint density at radius 3 is 2.43 bits per heavy atom. The highest BCUT2D eigenvalue weighted by Crippen LogP contribution is 2.45. The first-order valence-electron chi connectivity index (χ1n) is 9.16. The number of hydrogen-bond donors (Lipinski definition) is 1. The van der Waals surface area contributed by atoms with Crippen molar-refractivity contribution in [3.63, 3.8) is 0 Å². The third kappa shape index (κ3) is 3.43. The summed E-state index contributed by atoms with van der Waals surface area (Å²) in [5.41, 5.74) is 2.85. The molecule has 0 bridgehead atoms. The zero-order valence-corrected chi connectivity index (χ0v) is 18.5. The molecule has 4 nitrogen and oxygen atoms in total. The van der Waals surface area contributed by atoms with E-state index in [4.69, 9.17) is 23.2 Å². The molecule has 0 radical (unpaired) electrons. The smallest absolute Gasteiger partial charge is 0.300 e. The first kappa shape index (κ1) is 20.7. The molecule has 1 atom stereocenters. The molecular weight excluding hydrogens is 441 g/mol. The van der Waals surface area contributed by atoms with Gasteiger partial charge < -0.3 is 5.11 Å². The Balaban J connectivity index is 1.97.